The monoisotopic (exact) mass is 423 g/mol. The van der Waals surface area contributed by atoms with E-state index in [0.29, 0.717) is 24.0 Å². The van der Waals surface area contributed by atoms with Gasteiger partial charge in [-0.05, 0) is 60.7 Å². The zero-order valence-electron chi connectivity index (χ0n) is 17.9. The second-order valence-electron chi connectivity index (χ2n) is 7.94. The number of carbonyl (C=O) groups excluding carboxylic acids is 2. The van der Waals surface area contributed by atoms with Crippen LogP contribution >= 0.6 is 0 Å². The molecule has 1 N–H and O–H groups in total. The summed E-state index contributed by atoms with van der Waals surface area (Å²) >= 11 is 0. The van der Waals surface area contributed by atoms with Crippen LogP contribution in [0, 0.1) is 11.3 Å². The van der Waals surface area contributed by atoms with E-state index in [0.717, 1.165) is 41.9 Å². The number of nitrogens with one attached hydrogen (secondary N) is 1. The number of nitriles is 1. The minimum atomic E-state index is 0.0444. The Bertz CT molecular complexity index is 1150. The number of anilines is 2. The van der Waals surface area contributed by atoms with Crippen molar-refractivity contribution in [2.24, 2.45) is 0 Å². The molecular formula is C27H25N3O2. The van der Waals surface area contributed by atoms with Crippen molar-refractivity contribution in [1.82, 2.24) is 0 Å². The average molecular weight is 424 g/mol. The standard InChI is InChI=1S/C27H25N3O2/c28-18-21-10-8-20(9-11-21)12-15-27(32)30-16-4-7-23-17-24(13-14-25(23)30)29-19-26(31)22-5-2-1-3-6-22/h1-3,5-6,8-11,13-14,17,29H,4,7,12,15-16,19H2. The zero-order chi connectivity index (χ0) is 22.3. The van der Waals surface area contributed by atoms with E-state index in [2.05, 4.69) is 11.4 Å². The Morgan fingerprint density at radius 3 is 2.53 bits per heavy atom. The highest BCUT2D eigenvalue weighted by Gasteiger charge is 2.22. The van der Waals surface area contributed by atoms with E-state index in [1.54, 1.807) is 12.1 Å². The maximum atomic E-state index is 12.9. The third-order valence-corrected chi connectivity index (χ3v) is 5.76. The van der Waals surface area contributed by atoms with E-state index in [1.807, 2.05) is 65.6 Å². The maximum absolute atomic E-state index is 12.9. The SMILES string of the molecule is N#Cc1ccc(CCC(=O)N2CCCc3cc(NCC(=O)c4ccccc4)ccc32)cc1. The van der Waals surface area contributed by atoms with Gasteiger partial charge >= 0.3 is 0 Å². The van der Waals surface area contributed by atoms with Gasteiger partial charge in [0.1, 0.15) is 0 Å². The molecule has 0 atom stereocenters. The molecule has 1 heterocycles. The lowest BCUT2D eigenvalue weighted by molar-refractivity contribution is -0.118. The molecule has 0 fully saturated rings. The van der Waals surface area contributed by atoms with Gasteiger partial charge in [-0.15, -0.1) is 0 Å². The highest BCUT2D eigenvalue weighted by atomic mass is 16.2. The molecule has 4 rings (SSSR count). The predicted molar refractivity (Wildman–Crippen MR) is 126 cm³/mol. The fourth-order valence-corrected chi connectivity index (χ4v) is 4.01. The molecule has 5 heteroatoms. The molecular weight excluding hydrogens is 398 g/mol. The molecule has 0 bridgehead atoms. The topological polar surface area (TPSA) is 73.2 Å². The molecule has 0 unspecified atom stereocenters. The summed E-state index contributed by atoms with van der Waals surface area (Å²) < 4.78 is 0. The van der Waals surface area contributed by atoms with Crippen LogP contribution < -0.4 is 10.2 Å². The Kier molecular flexibility index (Phi) is 6.62. The number of rotatable bonds is 7. The summed E-state index contributed by atoms with van der Waals surface area (Å²) in [5, 5.41) is 12.1. The molecule has 32 heavy (non-hydrogen) atoms. The molecule has 5 nitrogen and oxygen atoms in total. The van der Waals surface area contributed by atoms with E-state index in [1.165, 1.54) is 0 Å². The van der Waals surface area contributed by atoms with Crippen molar-refractivity contribution in [1.29, 1.82) is 5.26 Å². The van der Waals surface area contributed by atoms with Crippen LogP contribution in [-0.2, 0) is 17.6 Å². The first-order valence-corrected chi connectivity index (χ1v) is 10.9. The first-order chi connectivity index (χ1) is 15.6. The minimum absolute atomic E-state index is 0.0444. The molecule has 0 aliphatic carbocycles. The highest BCUT2D eigenvalue weighted by molar-refractivity contribution is 5.99. The third-order valence-electron chi connectivity index (χ3n) is 5.76. The van der Waals surface area contributed by atoms with Crippen LogP contribution in [0.1, 0.15) is 39.9 Å². The summed E-state index contributed by atoms with van der Waals surface area (Å²) in [5.41, 5.74) is 5.34. The quantitative estimate of drug-likeness (QED) is 0.556. The van der Waals surface area contributed by atoms with Gasteiger partial charge in [0.25, 0.3) is 0 Å². The fraction of sp³-hybridized carbons (Fsp3) is 0.222. The summed E-state index contributed by atoms with van der Waals surface area (Å²) in [4.78, 5) is 27.1. The fourth-order valence-electron chi connectivity index (χ4n) is 4.01. The van der Waals surface area contributed by atoms with Gasteiger partial charge in [-0.25, -0.2) is 0 Å². The summed E-state index contributed by atoms with van der Waals surface area (Å²) in [6.45, 7) is 0.953. The van der Waals surface area contributed by atoms with Crippen molar-refractivity contribution in [3.8, 4) is 6.07 Å². The summed E-state index contributed by atoms with van der Waals surface area (Å²) in [6.07, 6.45) is 2.91. The lowest BCUT2D eigenvalue weighted by atomic mass is 9.99. The minimum Gasteiger partial charge on any atom is -0.378 e. The molecule has 1 amide bonds. The average Bonchev–Trinajstić information content (AvgIpc) is 2.86. The zero-order valence-corrected chi connectivity index (χ0v) is 17.9. The first-order valence-electron chi connectivity index (χ1n) is 10.9. The number of hydrogen-bond acceptors (Lipinski definition) is 4. The summed E-state index contributed by atoms with van der Waals surface area (Å²) in [5.74, 6) is 0.151. The molecule has 0 spiro atoms. The molecule has 160 valence electrons. The van der Waals surface area contributed by atoms with Crippen molar-refractivity contribution in [3.05, 3.63) is 95.1 Å². The number of hydrogen-bond donors (Lipinski definition) is 1. The Labute approximate surface area is 188 Å². The number of carbonyl (C=O) groups is 2. The van der Waals surface area contributed by atoms with E-state index >= 15 is 0 Å². The number of aryl methyl sites for hydroxylation is 2. The van der Waals surface area contributed by atoms with Gasteiger partial charge < -0.3 is 10.2 Å². The Morgan fingerprint density at radius 1 is 1.00 bits per heavy atom. The maximum Gasteiger partial charge on any atom is 0.227 e. The van der Waals surface area contributed by atoms with Gasteiger partial charge in [0, 0.05) is 29.9 Å². The molecule has 3 aromatic rings. The Balaban J connectivity index is 1.38. The van der Waals surface area contributed by atoms with Crippen molar-refractivity contribution < 1.29 is 9.59 Å². The van der Waals surface area contributed by atoms with E-state index < -0.39 is 0 Å². The lowest BCUT2D eigenvalue weighted by Crippen LogP contribution is -2.35. The number of Topliss-reactive ketones (excluding diaryl/α,β-unsaturated/α-hetero) is 1. The second-order valence-corrected chi connectivity index (χ2v) is 7.94. The van der Waals surface area contributed by atoms with Gasteiger partial charge in [-0.2, -0.15) is 5.26 Å². The third kappa shape index (κ3) is 5.04. The Hall–Kier alpha value is -3.91. The van der Waals surface area contributed by atoms with Crippen molar-refractivity contribution in [3.63, 3.8) is 0 Å². The largest absolute Gasteiger partial charge is 0.378 e. The van der Waals surface area contributed by atoms with Crippen LogP contribution in [0.25, 0.3) is 0 Å². The molecule has 1 aliphatic heterocycles. The van der Waals surface area contributed by atoms with Gasteiger partial charge in [0.2, 0.25) is 5.91 Å². The van der Waals surface area contributed by atoms with Crippen LogP contribution in [0.5, 0.6) is 0 Å². The highest BCUT2D eigenvalue weighted by Crippen LogP contribution is 2.30. The van der Waals surface area contributed by atoms with Crippen LogP contribution in [0.3, 0.4) is 0 Å². The van der Waals surface area contributed by atoms with Gasteiger partial charge in [0.05, 0.1) is 18.2 Å². The molecule has 0 radical (unpaired) electrons. The molecule has 1 aliphatic rings. The van der Waals surface area contributed by atoms with Crippen molar-refractivity contribution in [2.45, 2.75) is 25.7 Å². The van der Waals surface area contributed by atoms with Crippen LogP contribution in [0.4, 0.5) is 11.4 Å². The van der Waals surface area contributed by atoms with E-state index in [4.69, 9.17) is 5.26 Å². The molecule has 0 saturated heterocycles. The van der Waals surface area contributed by atoms with Crippen LogP contribution in [-0.4, -0.2) is 24.8 Å². The number of fused-ring (bicyclic) bond motifs is 1. The molecule has 3 aromatic carbocycles. The predicted octanol–water partition coefficient (Wildman–Crippen LogP) is 4.77. The molecule has 0 saturated carbocycles. The second kappa shape index (κ2) is 9.93. The normalized spacial score (nSPS) is 12.5. The van der Waals surface area contributed by atoms with Gasteiger partial charge in [0.15, 0.2) is 5.78 Å². The number of nitrogens with zero attached hydrogens (tertiary/aromatic N) is 2. The Morgan fingerprint density at radius 2 is 1.78 bits per heavy atom. The van der Waals surface area contributed by atoms with Gasteiger partial charge in [-0.1, -0.05) is 42.5 Å². The number of ketones is 1. The lowest BCUT2D eigenvalue weighted by Gasteiger charge is -2.30. The van der Waals surface area contributed by atoms with E-state index in [-0.39, 0.29) is 18.2 Å². The van der Waals surface area contributed by atoms with Crippen molar-refractivity contribution >= 4 is 23.1 Å². The number of benzene rings is 3. The van der Waals surface area contributed by atoms with Crippen LogP contribution in [0.15, 0.2) is 72.8 Å². The van der Waals surface area contributed by atoms with Crippen molar-refractivity contribution in [2.75, 3.05) is 23.3 Å². The van der Waals surface area contributed by atoms with Crippen LogP contribution in [0.2, 0.25) is 0 Å². The summed E-state index contributed by atoms with van der Waals surface area (Å²) in [7, 11) is 0. The molecule has 0 aromatic heterocycles. The van der Waals surface area contributed by atoms with E-state index in [9.17, 15) is 9.59 Å². The smallest absolute Gasteiger partial charge is 0.227 e. The number of amides is 1. The summed E-state index contributed by atoms with van der Waals surface area (Å²) in [6, 6.07) is 24.7. The van der Waals surface area contributed by atoms with Gasteiger partial charge in [-0.3, -0.25) is 9.59 Å². The first kappa shape index (κ1) is 21.3.